The highest BCUT2D eigenvalue weighted by Crippen LogP contribution is 2.57. The zero-order chi connectivity index (χ0) is 18.4. The van der Waals surface area contributed by atoms with E-state index in [0.717, 1.165) is 0 Å². The van der Waals surface area contributed by atoms with Gasteiger partial charge in [0.25, 0.3) is 0 Å². The molecular weight excluding hydrogens is 401 g/mol. The van der Waals surface area contributed by atoms with E-state index in [1.165, 1.54) is 11.6 Å². The van der Waals surface area contributed by atoms with Crippen LogP contribution in [0.15, 0.2) is 36.4 Å². The molecule has 0 amide bonds. The average Bonchev–Trinajstić information content (AvgIpc) is 2.82. The Kier molecular flexibility index (Phi) is 4.47. The van der Waals surface area contributed by atoms with E-state index in [1.54, 1.807) is 30.3 Å². The van der Waals surface area contributed by atoms with Crippen molar-refractivity contribution < 1.29 is 22.3 Å². The van der Waals surface area contributed by atoms with Crippen LogP contribution in [0, 0.1) is 6.92 Å². The van der Waals surface area contributed by atoms with Gasteiger partial charge in [-0.25, -0.2) is 9.25 Å². The Labute approximate surface area is 149 Å². The Bertz CT molecular complexity index is 986. The first-order valence-corrected chi connectivity index (χ1v) is 10.2. The van der Waals surface area contributed by atoms with Crippen molar-refractivity contribution in [1.82, 2.24) is 14.8 Å². The number of halogens is 5. The van der Waals surface area contributed by atoms with Crippen LogP contribution >= 0.6 is 28.6 Å². The van der Waals surface area contributed by atoms with Gasteiger partial charge >= 0.3 is 12.3 Å². The molecule has 0 spiro atoms. The lowest BCUT2D eigenvalue weighted by Gasteiger charge is -2.12. The zero-order valence-electron chi connectivity index (χ0n) is 12.5. The minimum Gasteiger partial charge on any atom is -0.404 e. The van der Waals surface area contributed by atoms with Crippen molar-refractivity contribution in [2.45, 2.75) is 13.1 Å². The van der Waals surface area contributed by atoms with Gasteiger partial charge in [0, 0.05) is 28.5 Å². The number of hydrogen-bond donors (Lipinski definition) is 0. The molecule has 0 atom stereocenters. The fourth-order valence-electron chi connectivity index (χ4n) is 2.39. The molecule has 2 heterocycles. The van der Waals surface area contributed by atoms with E-state index in [4.69, 9.17) is 22.5 Å². The molecule has 0 radical (unpaired) electrons. The van der Waals surface area contributed by atoms with Gasteiger partial charge < -0.3 is 4.52 Å². The van der Waals surface area contributed by atoms with Gasteiger partial charge in [-0.15, -0.1) is 0 Å². The quantitative estimate of drug-likeness (QED) is 0.519. The predicted molar refractivity (Wildman–Crippen MR) is 88.5 cm³/mol. The topological polar surface area (TPSA) is 57.0 Å². The molecule has 0 aliphatic rings. The normalized spacial score (nSPS) is 12.6. The van der Waals surface area contributed by atoms with Gasteiger partial charge in [-0.05, 0) is 19.1 Å². The molecule has 2 aromatic heterocycles. The van der Waals surface area contributed by atoms with Crippen LogP contribution in [0.4, 0.5) is 13.2 Å². The second-order valence-corrected chi connectivity index (χ2v) is 9.24. The highest BCUT2D eigenvalue weighted by atomic mass is 35.9. The van der Waals surface area contributed by atoms with Gasteiger partial charge in [-0.2, -0.15) is 23.3 Å². The predicted octanol–water partition coefficient (Wildman–Crippen LogP) is 5.71. The minimum absolute atomic E-state index is 0.115. The van der Waals surface area contributed by atoms with E-state index in [0.29, 0.717) is 11.8 Å². The van der Waals surface area contributed by atoms with Crippen molar-refractivity contribution in [1.29, 1.82) is 0 Å². The van der Waals surface area contributed by atoms with Crippen molar-refractivity contribution in [3.8, 4) is 11.6 Å². The molecule has 0 saturated heterocycles. The van der Waals surface area contributed by atoms with Crippen LogP contribution in [-0.4, -0.2) is 14.8 Å². The van der Waals surface area contributed by atoms with Crippen molar-refractivity contribution >= 4 is 39.6 Å². The number of benzene rings is 1. The number of nitrogens with zero attached hydrogens (tertiary/aromatic N) is 3. The van der Waals surface area contributed by atoms with Gasteiger partial charge in [0.15, 0.2) is 5.65 Å². The van der Waals surface area contributed by atoms with Crippen molar-refractivity contribution in [3.63, 3.8) is 0 Å². The van der Waals surface area contributed by atoms with E-state index >= 15 is 0 Å². The lowest BCUT2D eigenvalue weighted by Crippen LogP contribution is -2.08. The zero-order valence-corrected chi connectivity index (χ0v) is 14.9. The highest BCUT2D eigenvalue weighted by molar-refractivity contribution is 8.05. The number of hydrogen-bond acceptors (Lipinski definition) is 4. The smallest absolute Gasteiger partial charge is 0.404 e. The highest BCUT2D eigenvalue weighted by Gasteiger charge is 2.36. The Morgan fingerprint density at radius 2 is 1.84 bits per heavy atom. The van der Waals surface area contributed by atoms with E-state index in [9.17, 15) is 17.7 Å². The van der Waals surface area contributed by atoms with Crippen LogP contribution in [0.1, 0.15) is 11.3 Å². The Hall–Kier alpha value is -1.76. The Morgan fingerprint density at radius 1 is 1.20 bits per heavy atom. The number of alkyl halides is 3. The molecule has 3 aromatic rings. The molecule has 0 unspecified atom stereocenters. The van der Waals surface area contributed by atoms with E-state index in [1.807, 2.05) is 0 Å². The van der Waals surface area contributed by atoms with Gasteiger partial charge in [0.05, 0.1) is 22.3 Å². The van der Waals surface area contributed by atoms with Crippen LogP contribution in [-0.2, 0) is 10.7 Å². The summed E-state index contributed by atoms with van der Waals surface area (Å²) in [5.74, 6) is -0.606. The number of aromatic nitrogens is 3. The fraction of sp³-hybridized carbons (Fsp3) is 0.143. The lowest BCUT2D eigenvalue weighted by molar-refractivity contribution is -0.136. The summed E-state index contributed by atoms with van der Waals surface area (Å²) in [5, 5.41) is 3.94. The van der Waals surface area contributed by atoms with Gasteiger partial charge in [-0.3, -0.25) is 0 Å². The third-order valence-corrected chi connectivity index (χ3v) is 4.11. The number of para-hydroxylation sites is 1. The third kappa shape index (κ3) is 3.76. The third-order valence-electron chi connectivity index (χ3n) is 3.30. The molecule has 0 N–H and O–H groups in total. The molecule has 5 nitrogen and oxygen atoms in total. The maximum atomic E-state index is 13.5. The van der Waals surface area contributed by atoms with E-state index < -0.39 is 23.7 Å². The number of pyridine rings is 1. The van der Waals surface area contributed by atoms with E-state index in [2.05, 4.69) is 14.6 Å². The first-order valence-electron chi connectivity index (χ1n) is 6.78. The monoisotopic (exact) mass is 409 g/mol. The molecule has 1 aromatic carbocycles. The van der Waals surface area contributed by atoms with Crippen LogP contribution in [0.5, 0.6) is 5.88 Å². The molecule has 11 heteroatoms. The molecule has 0 fully saturated rings. The molecule has 3 rings (SSSR count). The summed E-state index contributed by atoms with van der Waals surface area (Å²) in [4.78, 5) is 3.97. The second-order valence-electron chi connectivity index (χ2n) is 5.04. The maximum Gasteiger partial charge on any atom is 0.429 e. The summed E-state index contributed by atoms with van der Waals surface area (Å²) < 4.78 is 57.7. The van der Waals surface area contributed by atoms with Crippen molar-refractivity contribution in [2.24, 2.45) is 0 Å². The largest absolute Gasteiger partial charge is 0.429 e. The summed E-state index contributed by atoms with van der Waals surface area (Å²) >= 11 is 10.6. The standard InChI is InChI=1S/C14H9Cl2F3N3O2P/c1-8-12-10(14(17,18)19)7-11(24-25(15,16)23)20-13(12)22(21-8)9-5-3-2-4-6-9/h2-7H,1H3. The van der Waals surface area contributed by atoms with Crippen LogP contribution in [0.3, 0.4) is 0 Å². The molecule has 25 heavy (non-hydrogen) atoms. The van der Waals surface area contributed by atoms with Crippen LogP contribution in [0.2, 0.25) is 0 Å². The van der Waals surface area contributed by atoms with Crippen LogP contribution < -0.4 is 4.52 Å². The SMILES string of the molecule is Cc1nn(-c2ccccc2)c2nc(OP(=O)(Cl)Cl)cc(C(F)(F)F)c12. The Balaban J connectivity index is 2.35. The first-order chi connectivity index (χ1) is 11.6. The van der Waals surface area contributed by atoms with Crippen molar-refractivity contribution in [3.05, 3.63) is 47.7 Å². The maximum absolute atomic E-state index is 13.5. The Morgan fingerprint density at radius 3 is 2.40 bits per heavy atom. The molecule has 0 aliphatic heterocycles. The lowest BCUT2D eigenvalue weighted by atomic mass is 10.1. The van der Waals surface area contributed by atoms with Crippen molar-refractivity contribution in [2.75, 3.05) is 0 Å². The van der Waals surface area contributed by atoms with Crippen LogP contribution in [0.25, 0.3) is 16.7 Å². The summed E-state index contributed by atoms with van der Waals surface area (Å²) in [6, 6.07) is 9.07. The second kappa shape index (κ2) is 6.20. The molecule has 0 aliphatic carbocycles. The molecule has 132 valence electrons. The number of fused-ring (bicyclic) bond motifs is 1. The summed E-state index contributed by atoms with van der Waals surface area (Å²) in [5.41, 5.74) is -0.521. The summed E-state index contributed by atoms with van der Waals surface area (Å²) in [6.07, 6.45) is -8.84. The minimum atomic E-state index is -4.71. The number of rotatable bonds is 3. The van der Waals surface area contributed by atoms with E-state index in [-0.39, 0.29) is 16.7 Å². The number of aryl methyl sites for hydroxylation is 1. The fourth-order valence-corrected chi connectivity index (χ4v) is 3.13. The molecule has 0 saturated carbocycles. The van der Waals surface area contributed by atoms with Gasteiger partial charge in [0.1, 0.15) is 0 Å². The average molecular weight is 410 g/mol. The van der Waals surface area contributed by atoms with Gasteiger partial charge in [0.2, 0.25) is 5.88 Å². The first kappa shape index (κ1) is 18.0. The molecular formula is C14H9Cl2F3N3O2P. The summed E-state index contributed by atoms with van der Waals surface area (Å²) in [6.45, 7) is 1.44. The van der Waals surface area contributed by atoms with Gasteiger partial charge in [-0.1, -0.05) is 18.2 Å². The summed E-state index contributed by atoms with van der Waals surface area (Å²) in [7, 11) is 0. The molecule has 0 bridgehead atoms.